The van der Waals surface area contributed by atoms with Crippen molar-refractivity contribution in [3.05, 3.63) is 0 Å². The summed E-state index contributed by atoms with van der Waals surface area (Å²) in [5, 5.41) is 0. The first kappa shape index (κ1) is 23.3. The van der Waals surface area contributed by atoms with Gasteiger partial charge in [-0.2, -0.15) is 8.42 Å². The number of rotatable bonds is 8. The molecule has 1 saturated heterocycles. The molecule has 1 fully saturated rings. The molecule has 0 aromatic rings. The smallest absolute Gasteiger partial charge is 0.303 e. The number of hydrogen-bond donors (Lipinski definition) is 1. The molecule has 5 unspecified atom stereocenters. The van der Waals surface area contributed by atoms with Crippen molar-refractivity contribution < 1.29 is 51.0 Å². The van der Waals surface area contributed by atoms with Crippen LogP contribution in [0.1, 0.15) is 34.1 Å². The second-order valence-electron chi connectivity index (χ2n) is 5.88. The lowest BCUT2D eigenvalue weighted by molar-refractivity contribution is -0.300. The second kappa shape index (κ2) is 9.97. The van der Waals surface area contributed by atoms with Gasteiger partial charge in [-0.3, -0.25) is 18.9 Å². The molecule has 0 saturated carbocycles. The third-order valence-corrected chi connectivity index (χ3v) is 4.11. The minimum absolute atomic E-state index is 0.159. The van der Waals surface area contributed by atoms with E-state index in [2.05, 4.69) is 0 Å². The Labute approximate surface area is 157 Å². The Hall–Kier alpha value is -1.76. The second-order valence-corrected chi connectivity index (χ2v) is 7.38. The summed E-state index contributed by atoms with van der Waals surface area (Å²) in [6.45, 7) is 5.18. The van der Waals surface area contributed by atoms with E-state index in [1.54, 1.807) is 6.92 Å². The van der Waals surface area contributed by atoms with E-state index >= 15 is 0 Å². The highest BCUT2D eigenvalue weighted by atomic mass is 32.2. The molecule has 12 heteroatoms. The van der Waals surface area contributed by atoms with E-state index in [4.69, 9.17) is 23.7 Å². The first-order valence-corrected chi connectivity index (χ1v) is 9.79. The third-order valence-electron chi connectivity index (χ3n) is 3.36. The van der Waals surface area contributed by atoms with Crippen molar-refractivity contribution in [3.63, 3.8) is 0 Å². The highest BCUT2D eigenvalue weighted by Gasteiger charge is 2.53. The molecule has 0 aromatic carbocycles. The Balaban J connectivity index is 3.33. The van der Waals surface area contributed by atoms with Crippen LogP contribution in [-0.2, 0) is 48.2 Å². The Morgan fingerprint density at radius 3 is 1.85 bits per heavy atom. The molecule has 156 valence electrons. The Bertz CT molecular complexity index is 644. The van der Waals surface area contributed by atoms with E-state index in [0.29, 0.717) is 6.42 Å². The molecule has 0 spiro atoms. The molecule has 1 rings (SSSR count). The topological polar surface area (TPSA) is 152 Å². The fraction of sp³-hybridized carbons (Fsp3) is 0.800. The molecule has 1 heterocycles. The van der Waals surface area contributed by atoms with Gasteiger partial charge < -0.3 is 23.7 Å². The van der Waals surface area contributed by atoms with Crippen LogP contribution >= 0.6 is 0 Å². The lowest BCUT2D eigenvalue weighted by Gasteiger charge is -2.44. The summed E-state index contributed by atoms with van der Waals surface area (Å²) in [6.07, 6.45) is -6.36. The van der Waals surface area contributed by atoms with Crippen LogP contribution in [0, 0.1) is 0 Å². The maximum Gasteiger partial charge on any atom is 0.303 e. The van der Waals surface area contributed by atoms with Crippen molar-refractivity contribution in [2.45, 2.75) is 64.8 Å². The van der Waals surface area contributed by atoms with Crippen LogP contribution in [0.2, 0.25) is 0 Å². The average molecular weight is 412 g/mol. The summed E-state index contributed by atoms with van der Waals surface area (Å²) in [4.78, 5) is 34.5. The molecular weight excluding hydrogens is 388 g/mol. The van der Waals surface area contributed by atoms with Crippen molar-refractivity contribution in [1.29, 1.82) is 0 Å². The zero-order valence-corrected chi connectivity index (χ0v) is 16.3. The van der Waals surface area contributed by atoms with Crippen molar-refractivity contribution in [1.82, 2.24) is 0 Å². The van der Waals surface area contributed by atoms with Gasteiger partial charge in [0.1, 0.15) is 11.9 Å². The lowest BCUT2D eigenvalue weighted by Crippen LogP contribution is -2.63. The van der Waals surface area contributed by atoms with Gasteiger partial charge in [-0.1, -0.05) is 6.92 Å². The maximum absolute atomic E-state index is 11.5. The Morgan fingerprint density at radius 1 is 0.926 bits per heavy atom. The standard InChI is InChI=1S/C15H24O11S/c1-5-6-22-15-14(25-10(4)18)13(24-9(3)17)12(23-8(2)16)11(26-15)7-27(19,20)21/h11-15H,5-7H2,1-4H3,(H,19,20,21). The predicted octanol–water partition coefficient (Wildman–Crippen LogP) is -0.179. The summed E-state index contributed by atoms with van der Waals surface area (Å²) in [7, 11) is -4.55. The van der Waals surface area contributed by atoms with Gasteiger partial charge in [-0.25, -0.2) is 0 Å². The number of carbonyl (C=O) groups is 3. The fourth-order valence-electron chi connectivity index (χ4n) is 2.56. The molecule has 1 aliphatic rings. The normalized spacial score (nSPS) is 28.3. The quantitative estimate of drug-likeness (QED) is 0.321. The van der Waals surface area contributed by atoms with E-state index in [9.17, 15) is 27.4 Å². The number of hydrogen-bond acceptors (Lipinski definition) is 10. The Morgan fingerprint density at radius 2 is 1.41 bits per heavy atom. The summed E-state index contributed by atoms with van der Waals surface area (Å²) >= 11 is 0. The van der Waals surface area contributed by atoms with Gasteiger partial charge >= 0.3 is 17.9 Å². The van der Waals surface area contributed by atoms with Crippen LogP contribution in [0.25, 0.3) is 0 Å². The molecule has 0 amide bonds. The summed E-state index contributed by atoms with van der Waals surface area (Å²) < 4.78 is 58.1. The van der Waals surface area contributed by atoms with Gasteiger partial charge in [0.2, 0.25) is 0 Å². The summed E-state index contributed by atoms with van der Waals surface area (Å²) in [5.74, 6) is -3.33. The molecule has 0 aromatic heterocycles. The van der Waals surface area contributed by atoms with E-state index < -0.39 is 64.5 Å². The molecule has 1 aliphatic heterocycles. The first-order valence-electron chi connectivity index (χ1n) is 8.18. The van der Waals surface area contributed by atoms with Gasteiger partial charge in [-0.05, 0) is 6.42 Å². The van der Waals surface area contributed by atoms with Crippen molar-refractivity contribution >= 4 is 28.0 Å². The van der Waals surface area contributed by atoms with E-state index in [0.717, 1.165) is 20.8 Å². The van der Waals surface area contributed by atoms with Crippen LogP contribution in [0.15, 0.2) is 0 Å². The fourth-order valence-corrected chi connectivity index (χ4v) is 3.25. The summed E-state index contributed by atoms with van der Waals surface area (Å²) in [6, 6.07) is 0. The highest BCUT2D eigenvalue weighted by Crippen LogP contribution is 2.30. The zero-order chi connectivity index (χ0) is 20.8. The van der Waals surface area contributed by atoms with Gasteiger partial charge in [0.15, 0.2) is 24.6 Å². The van der Waals surface area contributed by atoms with E-state index in [1.165, 1.54) is 0 Å². The molecule has 0 radical (unpaired) electrons. The van der Waals surface area contributed by atoms with Crippen molar-refractivity contribution in [2.24, 2.45) is 0 Å². The van der Waals surface area contributed by atoms with Crippen LogP contribution < -0.4 is 0 Å². The first-order chi connectivity index (χ1) is 12.4. The van der Waals surface area contributed by atoms with Crippen LogP contribution in [0.3, 0.4) is 0 Å². The van der Waals surface area contributed by atoms with Gasteiger partial charge in [0, 0.05) is 27.4 Å². The molecule has 11 nitrogen and oxygen atoms in total. The molecule has 0 aliphatic carbocycles. The minimum Gasteiger partial charge on any atom is -0.456 e. The molecule has 5 atom stereocenters. The predicted molar refractivity (Wildman–Crippen MR) is 88.0 cm³/mol. The Kier molecular flexibility index (Phi) is 8.59. The van der Waals surface area contributed by atoms with Crippen LogP contribution in [0.4, 0.5) is 0 Å². The molecular formula is C15H24O11S. The molecule has 0 bridgehead atoms. The average Bonchev–Trinajstić information content (AvgIpc) is 2.48. The van der Waals surface area contributed by atoms with Crippen LogP contribution in [0.5, 0.6) is 0 Å². The largest absolute Gasteiger partial charge is 0.456 e. The lowest BCUT2D eigenvalue weighted by atomic mass is 9.98. The third kappa shape index (κ3) is 7.79. The van der Waals surface area contributed by atoms with Gasteiger partial charge in [0.05, 0.1) is 0 Å². The number of carbonyl (C=O) groups excluding carboxylic acids is 3. The van der Waals surface area contributed by atoms with Gasteiger partial charge in [0.25, 0.3) is 10.1 Å². The molecule has 1 N–H and O–H groups in total. The van der Waals surface area contributed by atoms with E-state index in [-0.39, 0.29) is 6.61 Å². The zero-order valence-electron chi connectivity index (χ0n) is 15.4. The van der Waals surface area contributed by atoms with Crippen molar-refractivity contribution in [3.8, 4) is 0 Å². The van der Waals surface area contributed by atoms with E-state index in [1.807, 2.05) is 0 Å². The number of ether oxygens (including phenoxy) is 5. The number of esters is 3. The summed E-state index contributed by atoms with van der Waals surface area (Å²) in [5.41, 5.74) is 0. The minimum atomic E-state index is -4.55. The van der Waals surface area contributed by atoms with Crippen LogP contribution in [-0.4, -0.2) is 73.9 Å². The van der Waals surface area contributed by atoms with Crippen molar-refractivity contribution in [2.75, 3.05) is 12.4 Å². The maximum atomic E-state index is 11.5. The highest BCUT2D eigenvalue weighted by molar-refractivity contribution is 7.85. The monoisotopic (exact) mass is 412 g/mol. The molecule has 27 heavy (non-hydrogen) atoms. The van der Waals surface area contributed by atoms with Gasteiger partial charge in [-0.15, -0.1) is 0 Å². The SMILES string of the molecule is CCCOC1OC(CS(=O)(=O)O)C(OC(C)=O)C(OC(C)=O)C1OC(C)=O.